The standard InChI is InChI=1S/C18H23N3O3/c19-18(24)14-7-10-20(11-8-14)16(22)9-12-21-15-4-2-1-3-13(15)5-6-17(21)23/h1-4,14H,5-12H2,(H2,19,24). The Labute approximate surface area is 141 Å². The van der Waals surface area contributed by atoms with Crippen molar-refractivity contribution in [2.45, 2.75) is 32.1 Å². The number of primary amides is 1. The Bertz CT molecular complexity index is 651. The van der Waals surface area contributed by atoms with Gasteiger partial charge in [-0.05, 0) is 30.9 Å². The third-order valence-corrected chi connectivity index (χ3v) is 4.99. The number of carbonyl (C=O) groups excluding carboxylic acids is 3. The van der Waals surface area contributed by atoms with Crippen molar-refractivity contribution >= 4 is 23.4 Å². The number of aryl methyl sites for hydroxylation is 1. The van der Waals surface area contributed by atoms with Crippen LogP contribution in [0.1, 0.15) is 31.2 Å². The van der Waals surface area contributed by atoms with Gasteiger partial charge in [-0.15, -0.1) is 0 Å². The fraction of sp³-hybridized carbons (Fsp3) is 0.500. The number of fused-ring (bicyclic) bond motifs is 1. The zero-order valence-corrected chi connectivity index (χ0v) is 13.7. The third kappa shape index (κ3) is 3.42. The Kier molecular flexibility index (Phi) is 4.83. The van der Waals surface area contributed by atoms with Crippen LogP contribution >= 0.6 is 0 Å². The number of nitrogens with zero attached hydrogens (tertiary/aromatic N) is 2. The zero-order chi connectivity index (χ0) is 17.1. The molecule has 3 rings (SSSR count). The molecular weight excluding hydrogens is 306 g/mol. The number of carbonyl (C=O) groups is 3. The summed E-state index contributed by atoms with van der Waals surface area (Å²) in [6.45, 7) is 1.54. The average Bonchev–Trinajstić information content (AvgIpc) is 2.60. The lowest BCUT2D eigenvalue weighted by Crippen LogP contribution is -2.43. The van der Waals surface area contributed by atoms with Gasteiger partial charge in [0.05, 0.1) is 0 Å². The SMILES string of the molecule is NC(=O)C1CCN(C(=O)CCN2C(=O)CCc3ccccc32)CC1. The topological polar surface area (TPSA) is 83.7 Å². The molecule has 128 valence electrons. The lowest BCUT2D eigenvalue weighted by atomic mass is 9.96. The monoisotopic (exact) mass is 329 g/mol. The summed E-state index contributed by atoms with van der Waals surface area (Å²) in [7, 11) is 0. The van der Waals surface area contributed by atoms with E-state index in [0.717, 1.165) is 17.7 Å². The molecule has 3 amide bonds. The number of piperidine rings is 1. The van der Waals surface area contributed by atoms with Gasteiger partial charge in [-0.3, -0.25) is 14.4 Å². The van der Waals surface area contributed by atoms with Crippen molar-refractivity contribution in [3.05, 3.63) is 29.8 Å². The number of nitrogens with two attached hydrogens (primary N) is 1. The highest BCUT2D eigenvalue weighted by Gasteiger charge is 2.28. The molecule has 24 heavy (non-hydrogen) atoms. The van der Waals surface area contributed by atoms with Crippen LogP contribution in [0.3, 0.4) is 0 Å². The van der Waals surface area contributed by atoms with Crippen LogP contribution < -0.4 is 10.6 Å². The van der Waals surface area contributed by atoms with Gasteiger partial charge < -0.3 is 15.5 Å². The first-order valence-corrected chi connectivity index (χ1v) is 8.51. The number of rotatable bonds is 4. The van der Waals surface area contributed by atoms with E-state index < -0.39 is 0 Å². The molecule has 0 unspecified atom stereocenters. The quantitative estimate of drug-likeness (QED) is 0.897. The normalized spacial score (nSPS) is 18.4. The third-order valence-electron chi connectivity index (χ3n) is 4.99. The zero-order valence-electron chi connectivity index (χ0n) is 13.7. The first-order valence-electron chi connectivity index (χ1n) is 8.51. The molecule has 0 aliphatic carbocycles. The van der Waals surface area contributed by atoms with Crippen molar-refractivity contribution < 1.29 is 14.4 Å². The van der Waals surface area contributed by atoms with Gasteiger partial charge in [0.15, 0.2) is 0 Å². The van der Waals surface area contributed by atoms with Crippen molar-refractivity contribution in [3.63, 3.8) is 0 Å². The summed E-state index contributed by atoms with van der Waals surface area (Å²) in [5.41, 5.74) is 7.40. The molecule has 0 aromatic heterocycles. The van der Waals surface area contributed by atoms with E-state index in [1.54, 1.807) is 9.80 Å². The summed E-state index contributed by atoms with van der Waals surface area (Å²) in [5, 5.41) is 0. The predicted octanol–water partition coefficient (Wildman–Crippen LogP) is 1.08. The van der Waals surface area contributed by atoms with Gasteiger partial charge >= 0.3 is 0 Å². The molecule has 1 aromatic rings. The van der Waals surface area contributed by atoms with E-state index in [4.69, 9.17) is 5.73 Å². The molecule has 2 N–H and O–H groups in total. The number of para-hydroxylation sites is 1. The first-order chi connectivity index (χ1) is 11.6. The van der Waals surface area contributed by atoms with Crippen molar-refractivity contribution in [2.24, 2.45) is 11.7 Å². The molecule has 0 bridgehead atoms. The van der Waals surface area contributed by atoms with Gasteiger partial charge in [0.25, 0.3) is 0 Å². The molecule has 0 saturated carbocycles. The van der Waals surface area contributed by atoms with E-state index in [1.807, 2.05) is 24.3 Å². The Balaban J connectivity index is 1.57. The molecule has 0 radical (unpaired) electrons. The van der Waals surface area contributed by atoms with Gasteiger partial charge in [-0.25, -0.2) is 0 Å². The second-order valence-electron chi connectivity index (χ2n) is 6.48. The van der Waals surface area contributed by atoms with Crippen molar-refractivity contribution in [1.29, 1.82) is 0 Å². The summed E-state index contributed by atoms with van der Waals surface area (Å²) < 4.78 is 0. The number of anilines is 1. The summed E-state index contributed by atoms with van der Waals surface area (Å²) in [6, 6.07) is 7.86. The van der Waals surface area contributed by atoms with E-state index >= 15 is 0 Å². The van der Waals surface area contributed by atoms with E-state index in [9.17, 15) is 14.4 Å². The molecule has 2 aliphatic heterocycles. The molecular formula is C18H23N3O3. The number of hydrogen-bond donors (Lipinski definition) is 1. The van der Waals surface area contributed by atoms with E-state index in [2.05, 4.69) is 0 Å². The molecule has 6 nitrogen and oxygen atoms in total. The summed E-state index contributed by atoms with van der Waals surface area (Å²) >= 11 is 0. The maximum atomic E-state index is 12.4. The lowest BCUT2D eigenvalue weighted by molar-refractivity contribution is -0.134. The maximum absolute atomic E-state index is 12.4. The fourth-order valence-corrected chi connectivity index (χ4v) is 3.52. The van der Waals surface area contributed by atoms with Gasteiger partial charge in [0.1, 0.15) is 0 Å². The number of likely N-dealkylation sites (tertiary alicyclic amines) is 1. The lowest BCUT2D eigenvalue weighted by Gasteiger charge is -2.32. The van der Waals surface area contributed by atoms with Gasteiger partial charge in [-0.1, -0.05) is 18.2 Å². The molecule has 2 aliphatic rings. The Hall–Kier alpha value is -2.37. The van der Waals surface area contributed by atoms with Crippen molar-refractivity contribution in [3.8, 4) is 0 Å². The van der Waals surface area contributed by atoms with Crippen LogP contribution in [-0.2, 0) is 20.8 Å². The summed E-state index contributed by atoms with van der Waals surface area (Å²) in [6.07, 6.45) is 2.83. The smallest absolute Gasteiger partial charge is 0.227 e. The van der Waals surface area contributed by atoms with Gasteiger partial charge in [0, 0.05) is 44.1 Å². The highest BCUT2D eigenvalue weighted by Crippen LogP contribution is 2.27. The molecule has 1 fully saturated rings. The maximum Gasteiger partial charge on any atom is 0.227 e. The van der Waals surface area contributed by atoms with Crippen LogP contribution in [0.2, 0.25) is 0 Å². The van der Waals surface area contributed by atoms with Gasteiger partial charge in [-0.2, -0.15) is 0 Å². The van der Waals surface area contributed by atoms with Crippen LogP contribution in [0.15, 0.2) is 24.3 Å². The number of benzene rings is 1. The Morgan fingerprint density at radius 2 is 1.83 bits per heavy atom. The second kappa shape index (κ2) is 7.03. The minimum absolute atomic E-state index is 0.0359. The summed E-state index contributed by atoms with van der Waals surface area (Å²) in [4.78, 5) is 39.3. The van der Waals surface area contributed by atoms with Crippen LogP contribution in [-0.4, -0.2) is 42.3 Å². The first kappa shape index (κ1) is 16.5. The molecule has 1 saturated heterocycles. The van der Waals surface area contributed by atoms with E-state index in [0.29, 0.717) is 45.3 Å². The highest BCUT2D eigenvalue weighted by molar-refractivity contribution is 5.97. The van der Waals surface area contributed by atoms with Crippen molar-refractivity contribution in [2.75, 3.05) is 24.5 Å². The van der Waals surface area contributed by atoms with Crippen molar-refractivity contribution in [1.82, 2.24) is 4.90 Å². The van der Waals surface area contributed by atoms with E-state index in [-0.39, 0.29) is 23.6 Å². The van der Waals surface area contributed by atoms with Crippen LogP contribution in [0.4, 0.5) is 5.69 Å². The molecule has 2 heterocycles. The number of hydrogen-bond acceptors (Lipinski definition) is 3. The predicted molar refractivity (Wildman–Crippen MR) is 90.2 cm³/mol. The minimum Gasteiger partial charge on any atom is -0.369 e. The summed E-state index contributed by atoms with van der Waals surface area (Å²) in [5.74, 6) is -0.287. The molecule has 0 spiro atoms. The second-order valence-corrected chi connectivity index (χ2v) is 6.48. The highest BCUT2D eigenvalue weighted by atomic mass is 16.2. The van der Waals surface area contributed by atoms with Crippen LogP contribution in [0.5, 0.6) is 0 Å². The molecule has 1 aromatic carbocycles. The molecule has 0 atom stereocenters. The largest absolute Gasteiger partial charge is 0.369 e. The Morgan fingerprint density at radius 3 is 2.54 bits per heavy atom. The average molecular weight is 329 g/mol. The Morgan fingerprint density at radius 1 is 1.12 bits per heavy atom. The van der Waals surface area contributed by atoms with Crippen LogP contribution in [0.25, 0.3) is 0 Å². The molecule has 6 heteroatoms. The van der Waals surface area contributed by atoms with E-state index in [1.165, 1.54) is 0 Å². The fourth-order valence-electron chi connectivity index (χ4n) is 3.52. The minimum atomic E-state index is -0.280. The number of amides is 3. The van der Waals surface area contributed by atoms with Crippen LogP contribution in [0, 0.1) is 5.92 Å². The van der Waals surface area contributed by atoms with Gasteiger partial charge in [0.2, 0.25) is 17.7 Å².